The molecule has 732 valence electrons. The van der Waals surface area contributed by atoms with Crippen molar-refractivity contribution < 1.29 is 46.6 Å². The SMILES string of the molecule is CCC(Oc1ccc(C(C)(C)CC)cc1C(C)(C)CC)C(=O)Nc1cccc(C2=NC(c3ccccc3)=NC23Sc2ccccc2NC(=O)N3c2ccc(N(CC)CCNS(C)(=O)=O)cc2C)c1.CCN(CC)c1ccc(N2C(=O)Cc3ccccc3OC23N=C(n2nc(-c4ccccc4)c(Cl)c2NC(C)=O)N=C3c2ccccc2NC(=O)C(C)Oc2ccc(C(C)(C)CC)cc2C(C)(C)CC)c(C)c1. The van der Waals surface area contributed by atoms with Gasteiger partial charge in [-0.2, -0.15) is 14.8 Å². The second-order valence-corrected chi connectivity index (χ2v) is 41.8. The van der Waals surface area contributed by atoms with E-state index in [1.54, 1.807) is 41.0 Å². The van der Waals surface area contributed by atoms with Gasteiger partial charge in [0.15, 0.2) is 23.9 Å². The lowest BCUT2D eigenvalue weighted by atomic mass is 9.76. The molecule has 140 heavy (non-hydrogen) atoms. The van der Waals surface area contributed by atoms with Crippen molar-refractivity contribution in [2.45, 2.75) is 227 Å². The molecule has 28 heteroatoms. The summed E-state index contributed by atoms with van der Waals surface area (Å²) in [6, 6.07) is 72.8. The summed E-state index contributed by atoms with van der Waals surface area (Å²) in [5.41, 5.74) is 14.3. The molecule has 0 saturated heterocycles. The van der Waals surface area contributed by atoms with Crippen LogP contribution in [0.1, 0.15) is 212 Å². The molecule has 4 atom stereocenters. The summed E-state index contributed by atoms with van der Waals surface area (Å²) < 4.78 is 48.2. The summed E-state index contributed by atoms with van der Waals surface area (Å²) in [6.45, 7) is 44.5. The molecule has 10 aromatic carbocycles. The Labute approximate surface area is 833 Å². The van der Waals surface area contributed by atoms with Crippen molar-refractivity contribution >= 4 is 132 Å². The highest BCUT2D eigenvalue weighted by atomic mass is 35.5. The normalized spacial score (nSPS) is 16.3. The number of fused-ring (bicyclic) bond motifs is 2. The molecule has 5 heterocycles. The maximum absolute atomic E-state index is 15.4. The molecular weight excluding hydrogens is 1810 g/mol. The number of sulfonamides is 1. The van der Waals surface area contributed by atoms with Gasteiger partial charge >= 0.3 is 11.9 Å². The fourth-order valence-electron chi connectivity index (χ4n) is 17.5. The lowest BCUT2D eigenvalue weighted by Gasteiger charge is -2.38. The van der Waals surface area contributed by atoms with Gasteiger partial charge in [-0.25, -0.2) is 37.8 Å². The third-order valence-electron chi connectivity index (χ3n) is 27.4. The highest BCUT2D eigenvalue weighted by Crippen LogP contribution is 2.53. The van der Waals surface area contributed by atoms with Crippen molar-refractivity contribution in [2.24, 2.45) is 20.0 Å². The number of rotatable bonds is 33. The molecule has 4 aliphatic heterocycles. The van der Waals surface area contributed by atoms with Gasteiger partial charge in [0.05, 0.1) is 35.4 Å². The van der Waals surface area contributed by atoms with Gasteiger partial charge in [0.25, 0.3) is 17.8 Å². The minimum absolute atomic E-state index is 0.0135. The van der Waals surface area contributed by atoms with Gasteiger partial charge < -0.3 is 45.3 Å². The number of hydrogen-bond acceptors (Lipinski definition) is 18. The van der Waals surface area contributed by atoms with Crippen LogP contribution in [0.25, 0.3) is 11.3 Å². The van der Waals surface area contributed by atoms with E-state index in [-0.39, 0.29) is 69.0 Å². The zero-order chi connectivity index (χ0) is 101. The molecule has 0 radical (unpaired) electrons. The first-order chi connectivity index (χ1) is 66.7. The van der Waals surface area contributed by atoms with Gasteiger partial charge in [-0.15, -0.1) is 0 Å². The van der Waals surface area contributed by atoms with Crippen LogP contribution in [0.5, 0.6) is 17.2 Å². The number of ether oxygens (including phenoxy) is 3. The number of aromatic nitrogens is 2. The number of anilines is 8. The maximum Gasteiger partial charge on any atom is 0.337 e. The van der Waals surface area contributed by atoms with Crippen molar-refractivity contribution in [2.75, 3.05) is 79.8 Å². The number of thioether (sulfide) groups is 1. The summed E-state index contributed by atoms with van der Waals surface area (Å²) >= 11 is 8.54. The number of hydrogen-bond donors (Lipinski definition) is 5. The van der Waals surface area contributed by atoms with Crippen LogP contribution >= 0.6 is 23.4 Å². The van der Waals surface area contributed by atoms with Gasteiger partial charge in [0, 0.05) is 101 Å². The zero-order valence-corrected chi connectivity index (χ0v) is 86.5. The number of benzene rings is 10. The van der Waals surface area contributed by atoms with E-state index in [9.17, 15) is 22.8 Å². The van der Waals surface area contributed by atoms with Gasteiger partial charge in [-0.05, 0) is 202 Å². The summed E-state index contributed by atoms with van der Waals surface area (Å²) in [7, 11) is -3.36. The number of urea groups is 1. The van der Waals surface area contributed by atoms with E-state index in [1.807, 2.05) is 210 Å². The number of aryl methyl sites for hydroxylation is 2. The molecule has 25 nitrogen and oxygen atoms in total. The molecule has 5 N–H and O–H groups in total. The third-order valence-corrected chi connectivity index (χ3v) is 29.8. The minimum Gasteiger partial charge on any atom is -0.481 e. The molecule has 11 aromatic rings. The fourth-order valence-corrected chi connectivity index (χ4v) is 19.6. The van der Waals surface area contributed by atoms with Gasteiger partial charge in [-0.1, -0.05) is 259 Å². The lowest BCUT2D eigenvalue weighted by Crippen LogP contribution is -2.59. The fraction of sp³-hybridized carbons (Fsp3) is 0.357. The molecule has 2 spiro atoms. The topological polar surface area (TPSA) is 288 Å². The van der Waals surface area contributed by atoms with E-state index in [1.165, 1.54) is 34.5 Å². The van der Waals surface area contributed by atoms with Crippen LogP contribution in [-0.4, -0.2) is 133 Å². The van der Waals surface area contributed by atoms with Crippen molar-refractivity contribution in [3.05, 3.63) is 291 Å². The molecule has 0 aliphatic carbocycles. The smallest absolute Gasteiger partial charge is 0.337 e. The van der Waals surface area contributed by atoms with Crippen LogP contribution < -0.4 is 59.8 Å². The van der Waals surface area contributed by atoms with Crippen molar-refractivity contribution in [3.8, 4) is 28.5 Å². The quantitative estimate of drug-likeness (QED) is 0.0256. The Hall–Kier alpha value is -13.2. The Balaban J connectivity index is 0.000000223. The van der Waals surface area contributed by atoms with Crippen molar-refractivity contribution in [1.82, 2.24) is 14.5 Å². The number of halogens is 1. The highest BCUT2D eigenvalue weighted by molar-refractivity contribution is 8.01. The lowest BCUT2D eigenvalue weighted by molar-refractivity contribution is -0.123. The van der Waals surface area contributed by atoms with E-state index < -0.39 is 50.9 Å². The van der Waals surface area contributed by atoms with Gasteiger partial charge in [-0.3, -0.25) is 24.1 Å². The number of para-hydroxylation sites is 3. The van der Waals surface area contributed by atoms with Crippen LogP contribution in [0, 0.1) is 13.8 Å². The number of amides is 6. The number of amidine groups is 1. The Morgan fingerprint density at radius 2 is 1.14 bits per heavy atom. The molecule has 4 unspecified atom stereocenters. The van der Waals surface area contributed by atoms with Gasteiger partial charge in [0.2, 0.25) is 26.8 Å². The molecule has 0 fully saturated rings. The molecule has 1 aromatic heterocycles. The van der Waals surface area contributed by atoms with Crippen LogP contribution in [0.2, 0.25) is 5.02 Å². The Morgan fingerprint density at radius 3 is 1.73 bits per heavy atom. The number of carbonyl (C=O) groups excluding carboxylic acids is 5. The first-order valence-electron chi connectivity index (χ1n) is 48.3. The van der Waals surface area contributed by atoms with E-state index in [0.717, 1.165) is 89.1 Å². The predicted molar refractivity (Wildman–Crippen MR) is 571 cm³/mol. The van der Waals surface area contributed by atoms with Gasteiger partial charge in [0.1, 0.15) is 39.4 Å². The van der Waals surface area contributed by atoms with Crippen LogP contribution in [0.15, 0.2) is 255 Å². The summed E-state index contributed by atoms with van der Waals surface area (Å²) in [6.07, 6.45) is 3.53. The average molecular weight is 1950 g/mol. The third kappa shape index (κ3) is 21.7. The first kappa shape index (κ1) is 103. The molecule has 6 amide bonds. The molecule has 15 rings (SSSR count). The summed E-state index contributed by atoms with van der Waals surface area (Å²) in [5, 5.41) is 17.4. The standard InChI is InChI=1S/C58H65ClN8O5.C54H65N7O5S2/c1-12-56(8,9)41-29-32-48(44(35-41)57(10,11)13-2)71-37(6)54(70)61-45-27-21-20-26-43(45)52-58(63-55(62-52)67-53(60-38(7)68)50(59)51(64-67)39-23-17-16-18-24-39)66(49(69)34-40-25-19-22-28-47(40)72-58)46-31-30-42(33-36(46)5)65(14-3)15-4;1-11-45(66-46-30-27-39(52(6,7)12-2)35-42(46)53(8,9)13-3)50(62)56-40-24-20-23-38(34-40)48-54(59-49(58-48)37-21-16-15-17-22-37)61(51(63)57-43-25-18-19-26-47(43)67-54)44-29-28-41(33-36(44)5)60(14-4)32-31-55-68(10,64)65/h16-33,35,37H,12-15,34H2,1-11H3,(H,60,68)(H,61,70);15-30,33-35,45,55H,11-14,31-32H2,1-10H3,(H,56,62)(H,57,63). The van der Waals surface area contributed by atoms with E-state index in [4.69, 9.17) is 50.9 Å². The monoisotopic (exact) mass is 1940 g/mol. The molecule has 0 bridgehead atoms. The predicted octanol–water partition coefficient (Wildman–Crippen LogP) is 23.4. The van der Waals surface area contributed by atoms with Crippen molar-refractivity contribution in [1.29, 1.82) is 0 Å². The second-order valence-electron chi connectivity index (χ2n) is 38.4. The van der Waals surface area contributed by atoms with E-state index in [0.29, 0.717) is 105 Å². The molecule has 0 saturated carbocycles. The minimum atomic E-state index is -3.36. The number of likely N-dealkylation sites (N-methyl/N-ethyl adjacent to an activating group) is 1. The van der Waals surface area contributed by atoms with Crippen molar-refractivity contribution in [3.63, 3.8) is 0 Å². The molecule has 4 aliphatic rings. The van der Waals surface area contributed by atoms with Crippen LogP contribution in [0.4, 0.5) is 50.4 Å². The Kier molecular flexibility index (Phi) is 31.1. The Morgan fingerprint density at radius 1 is 0.579 bits per heavy atom. The maximum atomic E-state index is 15.4. The number of carbonyl (C=O) groups is 5. The summed E-state index contributed by atoms with van der Waals surface area (Å²) in [4.78, 5) is 100. The Bertz CT molecular complexity index is 6750. The number of nitrogens with zero attached hydrogens (tertiary/aromatic N) is 10. The summed E-state index contributed by atoms with van der Waals surface area (Å²) in [5.74, 6) is -1.27. The average Bonchev–Trinajstić information content (AvgIpc) is 1.56. The number of aliphatic imine (C=N–C) groups is 4. The van der Waals surface area contributed by atoms with E-state index >= 15 is 9.59 Å². The number of nitrogens with one attached hydrogen (secondary N) is 5. The zero-order valence-electron chi connectivity index (χ0n) is 84.1. The van der Waals surface area contributed by atoms with E-state index in [2.05, 4.69) is 157 Å². The van der Waals surface area contributed by atoms with Crippen LogP contribution in [0.3, 0.4) is 0 Å². The first-order valence-corrected chi connectivity index (χ1v) is 51.4. The largest absolute Gasteiger partial charge is 0.481 e. The second kappa shape index (κ2) is 42.5. The highest BCUT2D eigenvalue weighted by Gasteiger charge is 2.57. The molecular formula is C112H130ClN15O10S2. The van der Waals surface area contributed by atoms with Crippen LogP contribution in [-0.2, 0) is 57.3 Å².